The van der Waals surface area contributed by atoms with Crippen molar-refractivity contribution >= 4 is 0 Å². The van der Waals surface area contributed by atoms with Crippen LogP contribution >= 0.6 is 0 Å². The second-order valence-corrected chi connectivity index (χ2v) is 6.86. The molecule has 3 N–H and O–H groups in total. The molecular weight excluding hydrogens is 260 g/mol. The van der Waals surface area contributed by atoms with E-state index in [2.05, 4.69) is 18.7 Å². The monoisotopic (exact) mass is 290 g/mol. The molecule has 1 fully saturated rings. The average Bonchev–Trinajstić information content (AvgIpc) is 3.01. The Balaban J connectivity index is 2.15. The van der Waals surface area contributed by atoms with Gasteiger partial charge in [-0.25, -0.2) is 0 Å². The van der Waals surface area contributed by atoms with Crippen molar-refractivity contribution in [3.8, 4) is 0 Å². The molecule has 1 saturated carbocycles. The molecule has 1 atom stereocenters. The highest BCUT2D eigenvalue weighted by molar-refractivity contribution is 5.23. The molecule has 0 saturated heterocycles. The maximum Gasteiger partial charge on any atom is 0.114 e. The predicted molar refractivity (Wildman–Crippen MR) is 88.1 cm³/mol. The van der Waals surface area contributed by atoms with Crippen LogP contribution in [0.25, 0.3) is 0 Å². The summed E-state index contributed by atoms with van der Waals surface area (Å²) in [6.45, 7) is 6.41. The largest absolute Gasteiger partial charge is 0.382 e. The van der Waals surface area contributed by atoms with Crippen LogP contribution in [0, 0.1) is 5.92 Å². The summed E-state index contributed by atoms with van der Waals surface area (Å²) in [5.74, 6) is 0.600. The van der Waals surface area contributed by atoms with Gasteiger partial charge < -0.3 is 10.8 Å². The van der Waals surface area contributed by atoms with E-state index in [1.165, 1.54) is 25.7 Å². The van der Waals surface area contributed by atoms with Gasteiger partial charge in [0.2, 0.25) is 0 Å². The van der Waals surface area contributed by atoms with Crippen molar-refractivity contribution in [3.05, 3.63) is 35.9 Å². The molecule has 118 valence electrons. The van der Waals surface area contributed by atoms with Crippen LogP contribution in [0.15, 0.2) is 30.3 Å². The van der Waals surface area contributed by atoms with Crippen LogP contribution in [-0.2, 0) is 5.60 Å². The van der Waals surface area contributed by atoms with Gasteiger partial charge in [-0.15, -0.1) is 0 Å². The van der Waals surface area contributed by atoms with Crippen LogP contribution in [0.3, 0.4) is 0 Å². The van der Waals surface area contributed by atoms with Crippen LogP contribution in [0.2, 0.25) is 0 Å². The van der Waals surface area contributed by atoms with Crippen molar-refractivity contribution in [2.24, 2.45) is 11.7 Å². The molecule has 0 amide bonds. The minimum absolute atomic E-state index is 0.262. The van der Waals surface area contributed by atoms with Crippen LogP contribution in [0.1, 0.15) is 45.1 Å². The zero-order chi connectivity index (χ0) is 15.3. The van der Waals surface area contributed by atoms with E-state index in [4.69, 9.17) is 5.73 Å². The number of nitrogens with zero attached hydrogens (tertiary/aromatic N) is 1. The van der Waals surface area contributed by atoms with Crippen molar-refractivity contribution in [3.63, 3.8) is 0 Å². The Kier molecular flexibility index (Phi) is 5.80. The van der Waals surface area contributed by atoms with Gasteiger partial charge in [-0.2, -0.15) is 0 Å². The average molecular weight is 290 g/mol. The molecule has 1 aromatic carbocycles. The minimum Gasteiger partial charge on any atom is -0.382 e. The van der Waals surface area contributed by atoms with Gasteiger partial charge in [0.05, 0.1) is 0 Å². The number of aliphatic hydroxyl groups is 1. The maximum atomic E-state index is 11.1. The molecule has 0 spiro atoms. The van der Waals surface area contributed by atoms with Crippen molar-refractivity contribution in [1.29, 1.82) is 0 Å². The molecule has 3 heteroatoms. The van der Waals surface area contributed by atoms with E-state index in [1.54, 1.807) is 0 Å². The quantitative estimate of drug-likeness (QED) is 0.812. The third kappa shape index (κ3) is 4.29. The molecule has 0 bridgehead atoms. The normalized spacial score (nSPS) is 19.3. The smallest absolute Gasteiger partial charge is 0.114 e. The number of hydrogen-bond donors (Lipinski definition) is 2. The van der Waals surface area contributed by atoms with Gasteiger partial charge in [0.15, 0.2) is 0 Å². The molecule has 0 heterocycles. The molecule has 1 aliphatic carbocycles. The zero-order valence-corrected chi connectivity index (χ0v) is 13.5. The van der Waals surface area contributed by atoms with E-state index in [-0.39, 0.29) is 6.54 Å². The van der Waals surface area contributed by atoms with Gasteiger partial charge in [-0.3, -0.25) is 4.90 Å². The van der Waals surface area contributed by atoms with Crippen molar-refractivity contribution in [2.75, 3.05) is 19.6 Å². The van der Waals surface area contributed by atoms with E-state index in [0.717, 1.165) is 12.1 Å². The first-order chi connectivity index (χ1) is 10.0. The van der Waals surface area contributed by atoms with Gasteiger partial charge in [-0.05, 0) is 24.3 Å². The summed E-state index contributed by atoms with van der Waals surface area (Å²) in [5.41, 5.74) is 5.92. The molecule has 0 aromatic heterocycles. The highest BCUT2D eigenvalue weighted by Crippen LogP contribution is 2.28. The minimum atomic E-state index is -0.946. The molecule has 0 aliphatic heterocycles. The van der Waals surface area contributed by atoms with E-state index in [0.29, 0.717) is 18.5 Å². The first-order valence-corrected chi connectivity index (χ1v) is 8.27. The Morgan fingerprint density at radius 1 is 1.24 bits per heavy atom. The predicted octanol–water partition coefficient (Wildman–Crippen LogP) is 2.73. The van der Waals surface area contributed by atoms with Crippen LogP contribution < -0.4 is 5.73 Å². The second kappa shape index (κ2) is 7.39. The van der Waals surface area contributed by atoms with Crippen LogP contribution in [0.4, 0.5) is 0 Å². The van der Waals surface area contributed by atoms with Gasteiger partial charge >= 0.3 is 0 Å². The van der Waals surface area contributed by atoms with E-state index < -0.39 is 5.60 Å². The summed E-state index contributed by atoms with van der Waals surface area (Å²) in [7, 11) is 0. The number of hydrogen-bond acceptors (Lipinski definition) is 3. The summed E-state index contributed by atoms with van der Waals surface area (Å²) in [6, 6.07) is 10.5. The van der Waals surface area contributed by atoms with E-state index in [9.17, 15) is 5.11 Å². The Hall–Kier alpha value is -0.900. The first kappa shape index (κ1) is 16.5. The number of nitrogens with two attached hydrogens (primary N) is 1. The fourth-order valence-corrected chi connectivity index (χ4v) is 3.44. The molecule has 2 rings (SSSR count). The van der Waals surface area contributed by atoms with Crippen LogP contribution in [0.5, 0.6) is 0 Å². The van der Waals surface area contributed by atoms with Gasteiger partial charge in [0.1, 0.15) is 5.60 Å². The summed E-state index contributed by atoms with van der Waals surface area (Å²) < 4.78 is 0. The molecule has 0 radical (unpaired) electrons. The Morgan fingerprint density at radius 3 is 2.38 bits per heavy atom. The molecule has 1 unspecified atom stereocenters. The van der Waals surface area contributed by atoms with Gasteiger partial charge in [0.25, 0.3) is 0 Å². The standard InChI is InChI=1S/C18H30N2O/c1-15(2)12-20(17-10-6-7-11-17)14-18(21,13-19)16-8-4-3-5-9-16/h3-5,8-9,15,17,21H,6-7,10-14,19H2,1-2H3. The number of benzene rings is 1. The summed E-state index contributed by atoms with van der Waals surface area (Å²) in [4.78, 5) is 2.47. The molecule has 3 nitrogen and oxygen atoms in total. The van der Waals surface area contributed by atoms with Crippen molar-refractivity contribution in [1.82, 2.24) is 4.90 Å². The fourth-order valence-electron chi connectivity index (χ4n) is 3.44. The van der Waals surface area contributed by atoms with Crippen molar-refractivity contribution < 1.29 is 5.11 Å². The lowest BCUT2D eigenvalue weighted by molar-refractivity contribution is -0.00918. The SMILES string of the molecule is CC(C)CN(CC(O)(CN)c1ccccc1)C1CCCC1. The second-order valence-electron chi connectivity index (χ2n) is 6.86. The first-order valence-electron chi connectivity index (χ1n) is 8.27. The third-order valence-corrected chi connectivity index (χ3v) is 4.55. The van der Waals surface area contributed by atoms with Gasteiger partial charge in [-0.1, -0.05) is 57.0 Å². The van der Waals surface area contributed by atoms with E-state index in [1.807, 2.05) is 30.3 Å². The van der Waals surface area contributed by atoms with Crippen LogP contribution in [-0.4, -0.2) is 35.7 Å². The Bertz CT molecular complexity index is 414. The van der Waals surface area contributed by atoms with Gasteiger partial charge in [0, 0.05) is 25.7 Å². The molecule has 21 heavy (non-hydrogen) atoms. The topological polar surface area (TPSA) is 49.5 Å². The highest BCUT2D eigenvalue weighted by atomic mass is 16.3. The van der Waals surface area contributed by atoms with E-state index >= 15 is 0 Å². The van der Waals surface area contributed by atoms with Crippen molar-refractivity contribution in [2.45, 2.75) is 51.2 Å². The molecule has 1 aromatic rings. The third-order valence-electron chi connectivity index (χ3n) is 4.55. The lowest BCUT2D eigenvalue weighted by atomic mass is 9.92. The lowest BCUT2D eigenvalue weighted by Gasteiger charge is -2.38. The lowest BCUT2D eigenvalue weighted by Crippen LogP contribution is -2.49. The molecule has 1 aliphatic rings. The summed E-state index contributed by atoms with van der Waals surface area (Å²) in [5, 5.41) is 11.1. The summed E-state index contributed by atoms with van der Waals surface area (Å²) in [6.07, 6.45) is 5.13. The Morgan fingerprint density at radius 2 is 1.86 bits per heavy atom. The summed E-state index contributed by atoms with van der Waals surface area (Å²) >= 11 is 0. The molecular formula is C18H30N2O. The fraction of sp³-hybridized carbons (Fsp3) is 0.667. The maximum absolute atomic E-state index is 11.1. The Labute approximate surface area is 129 Å². The zero-order valence-electron chi connectivity index (χ0n) is 13.5. The number of rotatable bonds is 7. The highest BCUT2D eigenvalue weighted by Gasteiger charge is 2.34.